The molecule has 9 nitrogen and oxygen atoms in total. The molecule has 0 N–H and O–H groups in total. The molecule has 0 bridgehead atoms. The number of carbonyl (C=O) groups is 1. The van der Waals surface area contributed by atoms with Crippen molar-refractivity contribution in [1.29, 1.82) is 0 Å². The lowest BCUT2D eigenvalue weighted by molar-refractivity contribution is -0.383. The third kappa shape index (κ3) is 4.30. The number of hydrogen-bond donors (Lipinski definition) is 0. The molecule has 27 heavy (non-hydrogen) atoms. The Labute approximate surface area is 157 Å². The predicted octanol–water partition coefficient (Wildman–Crippen LogP) is 3.18. The maximum atomic E-state index is 12.1. The smallest absolute Gasteiger partial charge is 0.353 e. The lowest BCUT2D eigenvalue weighted by Crippen LogP contribution is -2.23. The van der Waals surface area contributed by atoms with Gasteiger partial charge in [-0.2, -0.15) is 0 Å². The first-order chi connectivity index (χ1) is 12.9. The van der Waals surface area contributed by atoms with Gasteiger partial charge >= 0.3 is 11.7 Å². The predicted molar refractivity (Wildman–Crippen MR) is 103 cm³/mol. The van der Waals surface area contributed by atoms with E-state index in [0.717, 1.165) is 12.8 Å². The van der Waals surface area contributed by atoms with Crippen molar-refractivity contribution in [3.05, 3.63) is 46.3 Å². The van der Waals surface area contributed by atoms with Crippen molar-refractivity contribution in [3.63, 3.8) is 0 Å². The molecule has 9 heteroatoms. The minimum atomic E-state index is -0.533. The Balaban J connectivity index is 2.56. The first kappa shape index (κ1) is 20.1. The van der Waals surface area contributed by atoms with Gasteiger partial charge in [-0.1, -0.05) is 25.5 Å². The summed E-state index contributed by atoms with van der Waals surface area (Å²) in [5.41, 5.74) is 0.530. The lowest BCUT2D eigenvalue weighted by atomic mass is 10.1. The zero-order valence-corrected chi connectivity index (χ0v) is 15.9. The topological polar surface area (TPSA) is 102 Å². The molecule has 0 aliphatic carbocycles. The van der Waals surface area contributed by atoms with Gasteiger partial charge in [0.25, 0.3) is 0 Å². The van der Waals surface area contributed by atoms with Crippen molar-refractivity contribution in [3.8, 4) is 0 Å². The normalized spacial score (nSPS) is 10.4. The van der Waals surface area contributed by atoms with Crippen LogP contribution in [0.25, 0.3) is 0 Å². The summed E-state index contributed by atoms with van der Waals surface area (Å²) in [5, 5.41) is 11.8. The first-order valence-electron chi connectivity index (χ1n) is 8.53. The molecule has 0 radical (unpaired) electrons. The van der Waals surface area contributed by atoms with E-state index in [1.807, 2.05) is 6.92 Å². The van der Waals surface area contributed by atoms with Crippen LogP contribution in [0.15, 0.2) is 30.6 Å². The number of carbonyl (C=O) groups excluding carboxylic acids is 1. The number of rotatable bonds is 8. The van der Waals surface area contributed by atoms with Gasteiger partial charge in [0.15, 0.2) is 0 Å². The lowest BCUT2D eigenvalue weighted by Gasteiger charge is -2.23. The van der Waals surface area contributed by atoms with Gasteiger partial charge in [0, 0.05) is 20.6 Å². The minimum Gasteiger partial charge on any atom is -0.465 e. The number of hydrogen-bond acceptors (Lipinski definition) is 8. The molecule has 0 unspecified atom stereocenters. The SMILES string of the molecule is CCCCN(C)c1ncnc(N(C)c2ccccc2C(=O)OC)c1[N+](=O)[O-]. The molecule has 0 aliphatic rings. The minimum absolute atomic E-state index is 0.102. The number of ether oxygens (including phenoxy) is 1. The van der Waals surface area contributed by atoms with Crippen LogP contribution in [0.1, 0.15) is 30.1 Å². The number of nitro groups is 1. The Morgan fingerprint density at radius 3 is 2.52 bits per heavy atom. The molecule has 0 spiro atoms. The van der Waals surface area contributed by atoms with E-state index < -0.39 is 10.9 Å². The molecule has 2 rings (SSSR count). The number of aromatic nitrogens is 2. The average molecular weight is 373 g/mol. The van der Waals surface area contributed by atoms with E-state index in [4.69, 9.17) is 4.74 Å². The number of anilines is 3. The second-order valence-electron chi connectivity index (χ2n) is 5.97. The molecule has 0 amide bonds. The highest BCUT2D eigenvalue weighted by molar-refractivity contribution is 5.97. The highest BCUT2D eigenvalue weighted by atomic mass is 16.6. The monoisotopic (exact) mass is 373 g/mol. The summed E-state index contributed by atoms with van der Waals surface area (Å²) in [5.74, 6) is -0.194. The van der Waals surface area contributed by atoms with Crippen LogP contribution in [0.5, 0.6) is 0 Å². The summed E-state index contributed by atoms with van der Waals surface area (Å²) in [4.78, 5) is 34.9. The van der Waals surface area contributed by atoms with Crippen molar-refractivity contribution in [1.82, 2.24) is 9.97 Å². The van der Waals surface area contributed by atoms with Crippen LogP contribution >= 0.6 is 0 Å². The fraction of sp³-hybridized carbons (Fsp3) is 0.389. The maximum absolute atomic E-state index is 12.1. The van der Waals surface area contributed by atoms with E-state index in [0.29, 0.717) is 12.2 Å². The molecule has 0 saturated carbocycles. The van der Waals surface area contributed by atoms with Gasteiger partial charge in [0.1, 0.15) is 6.33 Å². The highest BCUT2D eigenvalue weighted by Gasteiger charge is 2.29. The summed E-state index contributed by atoms with van der Waals surface area (Å²) in [7, 11) is 4.66. The maximum Gasteiger partial charge on any atom is 0.353 e. The fourth-order valence-corrected chi connectivity index (χ4v) is 2.71. The number of nitrogens with zero attached hydrogens (tertiary/aromatic N) is 5. The Kier molecular flexibility index (Phi) is 6.64. The summed E-state index contributed by atoms with van der Waals surface area (Å²) in [6.45, 7) is 2.68. The number of para-hydroxylation sites is 1. The molecule has 0 saturated heterocycles. The Bertz CT molecular complexity index is 827. The summed E-state index contributed by atoms with van der Waals surface area (Å²) < 4.78 is 4.81. The third-order valence-corrected chi connectivity index (χ3v) is 4.16. The van der Waals surface area contributed by atoms with Gasteiger partial charge in [-0.15, -0.1) is 0 Å². The quantitative estimate of drug-likeness (QED) is 0.395. The molecule has 0 atom stereocenters. The van der Waals surface area contributed by atoms with E-state index in [1.165, 1.54) is 18.3 Å². The van der Waals surface area contributed by atoms with Gasteiger partial charge in [-0.3, -0.25) is 10.1 Å². The van der Waals surface area contributed by atoms with Crippen LogP contribution in [-0.4, -0.2) is 48.6 Å². The molecular formula is C18H23N5O4. The number of benzene rings is 1. The molecule has 1 heterocycles. The first-order valence-corrected chi connectivity index (χ1v) is 8.53. The third-order valence-electron chi connectivity index (χ3n) is 4.16. The Morgan fingerprint density at radius 2 is 1.89 bits per heavy atom. The summed E-state index contributed by atoms with van der Waals surface area (Å²) in [6, 6.07) is 6.71. The fourth-order valence-electron chi connectivity index (χ4n) is 2.71. The van der Waals surface area contributed by atoms with E-state index in [-0.39, 0.29) is 22.9 Å². The number of methoxy groups -OCH3 is 1. The van der Waals surface area contributed by atoms with Crippen molar-refractivity contribution < 1.29 is 14.5 Å². The van der Waals surface area contributed by atoms with Crippen LogP contribution in [0.3, 0.4) is 0 Å². The van der Waals surface area contributed by atoms with Crippen LogP contribution in [0.4, 0.5) is 23.0 Å². The largest absolute Gasteiger partial charge is 0.465 e. The van der Waals surface area contributed by atoms with Crippen molar-refractivity contribution in [2.45, 2.75) is 19.8 Å². The second kappa shape index (κ2) is 8.93. The number of esters is 1. The van der Waals surface area contributed by atoms with E-state index in [2.05, 4.69) is 9.97 Å². The Hall–Kier alpha value is -3.23. The second-order valence-corrected chi connectivity index (χ2v) is 5.97. The Morgan fingerprint density at radius 1 is 1.22 bits per heavy atom. The average Bonchev–Trinajstić information content (AvgIpc) is 2.70. The standard InChI is InChI=1S/C18H23N5O4/c1-5-6-11-21(2)16-15(23(25)26)17(20-12-19-16)22(3)14-10-8-7-9-13(14)18(24)27-4/h7-10,12H,5-6,11H2,1-4H3. The molecular weight excluding hydrogens is 350 g/mol. The van der Waals surface area contributed by atoms with Crippen molar-refractivity contribution >= 4 is 29.0 Å². The van der Waals surface area contributed by atoms with E-state index >= 15 is 0 Å². The van der Waals surface area contributed by atoms with Crippen LogP contribution in [-0.2, 0) is 4.74 Å². The molecule has 1 aromatic carbocycles. The van der Waals surface area contributed by atoms with Gasteiger partial charge in [0.05, 0.1) is 23.3 Å². The van der Waals surface area contributed by atoms with Gasteiger partial charge in [-0.25, -0.2) is 14.8 Å². The summed E-state index contributed by atoms with van der Waals surface area (Å²) in [6.07, 6.45) is 3.13. The van der Waals surface area contributed by atoms with Crippen molar-refractivity contribution in [2.75, 3.05) is 37.5 Å². The molecule has 0 fully saturated rings. The van der Waals surface area contributed by atoms with Gasteiger partial charge in [0.2, 0.25) is 11.6 Å². The zero-order chi connectivity index (χ0) is 20.0. The van der Waals surface area contributed by atoms with E-state index in [1.54, 1.807) is 43.3 Å². The molecule has 1 aromatic heterocycles. The zero-order valence-electron chi connectivity index (χ0n) is 15.9. The molecule has 2 aromatic rings. The molecule has 0 aliphatic heterocycles. The van der Waals surface area contributed by atoms with Crippen LogP contribution in [0, 0.1) is 10.1 Å². The molecule has 144 valence electrons. The van der Waals surface area contributed by atoms with E-state index in [9.17, 15) is 14.9 Å². The highest BCUT2D eigenvalue weighted by Crippen LogP contribution is 2.37. The summed E-state index contributed by atoms with van der Waals surface area (Å²) >= 11 is 0. The van der Waals surface area contributed by atoms with Gasteiger partial charge in [-0.05, 0) is 18.6 Å². The van der Waals surface area contributed by atoms with Gasteiger partial charge < -0.3 is 14.5 Å². The number of unbranched alkanes of at least 4 members (excludes halogenated alkanes) is 1. The van der Waals surface area contributed by atoms with Crippen molar-refractivity contribution in [2.24, 2.45) is 0 Å². The van der Waals surface area contributed by atoms with Crippen LogP contribution in [0.2, 0.25) is 0 Å². The van der Waals surface area contributed by atoms with Crippen LogP contribution < -0.4 is 9.80 Å².